The molecule has 1 aliphatic rings. The van der Waals surface area contributed by atoms with Gasteiger partial charge in [-0.05, 0) is 29.5 Å². The number of halogens is 2. The van der Waals surface area contributed by atoms with Gasteiger partial charge >= 0.3 is 6.61 Å². The number of hydrogen-bond donors (Lipinski definition) is 1. The molecule has 1 fully saturated rings. The summed E-state index contributed by atoms with van der Waals surface area (Å²) in [5.74, 6) is 0.468. The van der Waals surface area contributed by atoms with Crippen LogP contribution >= 0.6 is 0 Å². The van der Waals surface area contributed by atoms with Crippen LogP contribution in [0.1, 0.15) is 30.9 Å². The van der Waals surface area contributed by atoms with Gasteiger partial charge in [0.15, 0.2) is 0 Å². The number of alkyl halides is 2. The SMILES string of the molecule is Cc1ccc(C2C(N)C2(C)C)cc1OC(F)F. The zero-order chi connectivity index (χ0) is 12.8. The molecule has 2 nitrogen and oxygen atoms in total. The predicted octanol–water partition coefficient (Wildman–Crippen LogP) is 3.05. The van der Waals surface area contributed by atoms with Gasteiger partial charge in [-0.25, -0.2) is 0 Å². The first-order valence-corrected chi connectivity index (χ1v) is 5.65. The first-order valence-electron chi connectivity index (χ1n) is 5.65. The summed E-state index contributed by atoms with van der Waals surface area (Å²) >= 11 is 0. The highest BCUT2D eigenvalue weighted by molar-refractivity contribution is 5.43. The number of rotatable bonds is 3. The second kappa shape index (κ2) is 3.95. The van der Waals surface area contributed by atoms with Crippen molar-refractivity contribution in [2.45, 2.75) is 39.3 Å². The van der Waals surface area contributed by atoms with Crippen LogP contribution in [0.25, 0.3) is 0 Å². The molecule has 0 aromatic heterocycles. The van der Waals surface area contributed by atoms with E-state index in [1.165, 1.54) is 0 Å². The van der Waals surface area contributed by atoms with Gasteiger partial charge in [-0.2, -0.15) is 8.78 Å². The lowest BCUT2D eigenvalue weighted by atomic mass is 10.0. The first kappa shape index (κ1) is 12.3. The number of aryl methyl sites for hydroxylation is 1. The molecular weight excluding hydrogens is 224 g/mol. The molecule has 0 spiro atoms. The minimum atomic E-state index is -2.79. The fourth-order valence-corrected chi connectivity index (χ4v) is 2.35. The lowest BCUT2D eigenvalue weighted by Crippen LogP contribution is -2.06. The Morgan fingerprint density at radius 2 is 1.94 bits per heavy atom. The van der Waals surface area contributed by atoms with E-state index in [1.807, 2.05) is 6.07 Å². The van der Waals surface area contributed by atoms with Crippen molar-refractivity contribution in [3.8, 4) is 5.75 Å². The average Bonchev–Trinajstić information content (AvgIpc) is 2.70. The molecule has 0 radical (unpaired) electrons. The van der Waals surface area contributed by atoms with E-state index in [-0.39, 0.29) is 23.1 Å². The maximum atomic E-state index is 12.2. The molecule has 1 aromatic carbocycles. The number of ether oxygens (including phenoxy) is 1. The molecule has 1 aliphatic carbocycles. The Morgan fingerprint density at radius 3 is 2.41 bits per heavy atom. The Morgan fingerprint density at radius 1 is 1.35 bits per heavy atom. The van der Waals surface area contributed by atoms with Gasteiger partial charge in [0, 0.05) is 12.0 Å². The molecule has 2 rings (SSSR count). The van der Waals surface area contributed by atoms with Crippen molar-refractivity contribution in [2.75, 3.05) is 0 Å². The third-order valence-electron chi connectivity index (χ3n) is 3.70. The van der Waals surface area contributed by atoms with E-state index in [0.29, 0.717) is 5.56 Å². The fraction of sp³-hybridized carbons (Fsp3) is 0.538. The number of nitrogens with two attached hydrogens (primary N) is 1. The molecular formula is C13H17F2NO. The molecule has 0 aliphatic heterocycles. The molecule has 0 amide bonds. The van der Waals surface area contributed by atoms with Crippen molar-refractivity contribution < 1.29 is 13.5 Å². The second-order valence-electron chi connectivity index (χ2n) is 5.23. The van der Waals surface area contributed by atoms with Crippen LogP contribution in [0.4, 0.5) is 8.78 Å². The van der Waals surface area contributed by atoms with Gasteiger partial charge in [-0.3, -0.25) is 0 Å². The molecule has 1 saturated carbocycles. The Kier molecular flexibility index (Phi) is 2.86. The standard InChI is InChI=1S/C13H17F2NO/c1-7-4-5-8(6-9(7)17-12(14)15)10-11(16)13(10,2)3/h4-6,10-12H,16H2,1-3H3. The molecule has 0 bridgehead atoms. The van der Waals surface area contributed by atoms with Crippen molar-refractivity contribution >= 4 is 0 Å². The molecule has 2 atom stereocenters. The van der Waals surface area contributed by atoms with Gasteiger partial charge in [0.1, 0.15) is 5.75 Å². The maximum absolute atomic E-state index is 12.2. The summed E-state index contributed by atoms with van der Waals surface area (Å²) in [4.78, 5) is 0. The molecule has 0 heterocycles. The predicted molar refractivity (Wildman–Crippen MR) is 62.3 cm³/mol. The van der Waals surface area contributed by atoms with E-state index in [1.54, 1.807) is 19.1 Å². The van der Waals surface area contributed by atoms with Crippen molar-refractivity contribution in [3.05, 3.63) is 29.3 Å². The first-order chi connectivity index (χ1) is 7.84. The molecule has 0 saturated heterocycles. The molecule has 1 aromatic rings. The maximum Gasteiger partial charge on any atom is 0.387 e. The normalized spacial score (nSPS) is 26.1. The van der Waals surface area contributed by atoms with Gasteiger partial charge in [0.25, 0.3) is 0 Å². The summed E-state index contributed by atoms with van der Waals surface area (Å²) in [7, 11) is 0. The van der Waals surface area contributed by atoms with Crippen LogP contribution in [0.2, 0.25) is 0 Å². The van der Waals surface area contributed by atoms with Crippen LogP contribution in [0.15, 0.2) is 18.2 Å². The van der Waals surface area contributed by atoms with E-state index < -0.39 is 6.61 Å². The Hall–Kier alpha value is -1.16. The van der Waals surface area contributed by atoms with Gasteiger partial charge in [0.2, 0.25) is 0 Å². The highest BCUT2D eigenvalue weighted by Gasteiger charge is 2.56. The van der Waals surface area contributed by atoms with Crippen molar-refractivity contribution in [1.82, 2.24) is 0 Å². The lowest BCUT2D eigenvalue weighted by molar-refractivity contribution is -0.0503. The third kappa shape index (κ3) is 2.14. The van der Waals surface area contributed by atoms with Crippen molar-refractivity contribution in [2.24, 2.45) is 11.1 Å². The Balaban J connectivity index is 2.26. The van der Waals surface area contributed by atoms with Crippen LogP contribution in [0, 0.1) is 12.3 Å². The monoisotopic (exact) mass is 241 g/mol. The molecule has 94 valence electrons. The van der Waals surface area contributed by atoms with E-state index in [4.69, 9.17) is 5.73 Å². The minimum Gasteiger partial charge on any atom is -0.435 e. The van der Waals surface area contributed by atoms with Crippen LogP contribution in [-0.4, -0.2) is 12.7 Å². The van der Waals surface area contributed by atoms with Gasteiger partial charge < -0.3 is 10.5 Å². The Labute approximate surface area is 99.8 Å². The van der Waals surface area contributed by atoms with Gasteiger partial charge in [0.05, 0.1) is 0 Å². The quantitative estimate of drug-likeness (QED) is 0.882. The smallest absolute Gasteiger partial charge is 0.387 e. The van der Waals surface area contributed by atoms with E-state index in [9.17, 15) is 8.78 Å². The van der Waals surface area contributed by atoms with Crippen molar-refractivity contribution in [1.29, 1.82) is 0 Å². The topological polar surface area (TPSA) is 35.2 Å². The Bertz CT molecular complexity index is 431. The van der Waals surface area contributed by atoms with Crippen molar-refractivity contribution in [3.63, 3.8) is 0 Å². The molecule has 2 N–H and O–H groups in total. The molecule has 2 unspecified atom stereocenters. The molecule has 17 heavy (non-hydrogen) atoms. The zero-order valence-corrected chi connectivity index (χ0v) is 10.2. The summed E-state index contributed by atoms with van der Waals surface area (Å²) in [5, 5.41) is 0. The highest BCUT2D eigenvalue weighted by atomic mass is 19.3. The zero-order valence-electron chi connectivity index (χ0n) is 10.2. The van der Waals surface area contributed by atoms with Crippen LogP contribution in [0.3, 0.4) is 0 Å². The van der Waals surface area contributed by atoms with Crippen LogP contribution in [-0.2, 0) is 0 Å². The van der Waals surface area contributed by atoms with E-state index in [0.717, 1.165) is 5.56 Å². The van der Waals surface area contributed by atoms with Crippen LogP contribution in [0.5, 0.6) is 5.75 Å². The fourth-order valence-electron chi connectivity index (χ4n) is 2.35. The van der Waals surface area contributed by atoms with Crippen LogP contribution < -0.4 is 10.5 Å². The highest BCUT2D eigenvalue weighted by Crippen LogP contribution is 2.57. The summed E-state index contributed by atoms with van der Waals surface area (Å²) in [6.07, 6.45) is 0. The number of hydrogen-bond acceptors (Lipinski definition) is 2. The summed E-state index contributed by atoms with van der Waals surface area (Å²) in [6.45, 7) is 3.12. The van der Waals surface area contributed by atoms with Gasteiger partial charge in [-0.15, -0.1) is 0 Å². The summed E-state index contributed by atoms with van der Waals surface area (Å²) in [6, 6.07) is 5.51. The van der Waals surface area contributed by atoms with E-state index in [2.05, 4.69) is 18.6 Å². The largest absolute Gasteiger partial charge is 0.435 e. The second-order valence-corrected chi connectivity index (χ2v) is 5.23. The average molecular weight is 241 g/mol. The lowest BCUT2D eigenvalue weighted by Gasteiger charge is -2.10. The number of benzene rings is 1. The summed E-state index contributed by atoms with van der Waals surface area (Å²) < 4.78 is 29.0. The third-order valence-corrected chi connectivity index (χ3v) is 3.70. The molecule has 4 heteroatoms. The minimum absolute atomic E-state index is 0.0390. The summed E-state index contributed by atoms with van der Waals surface area (Å²) in [5.41, 5.74) is 7.70. The van der Waals surface area contributed by atoms with E-state index >= 15 is 0 Å². The van der Waals surface area contributed by atoms with Gasteiger partial charge in [-0.1, -0.05) is 26.0 Å².